The summed E-state index contributed by atoms with van der Waals surface area (Å²) in [4.78, 5) is 24.5. The third-order valence-corrected chi connectivity index (χ3v) is 8.15. The minimum atomic E-state index is -0.865. The molecule has 3 rings (SSSR count). The molecule has 0 spiro atoms. The monoisotopic (exact) mass is 490 g/mol. The fourth-order valence-corrected chi connectivity index (χ4v) is 6.00. The van der Waals surface area contributed by atoms with Crippen molar-refractivity contribution < 1.29 is 24.9 Å². The average Bonchev–Trinajstić information content (AvgIpc) is 3.16. The largest absolute Gasteiger partial charge is 0.481 e. The zero-order valence-electron chi connectivity index (χ0n) is 18.9. The van der Waals surface area contributed by atoms with E-state index in [0.29, 0.717) is 30.7 Å². The van der Waals surface area contributed by atoms with Gasteiger partial charge in [0.2, 0.25) is 0 Å². The summed E-state index contributed by atoms with van der Waals surface area (Å²) < 4.78 is 1.07. The summed E-state index contributed by atoms with van der Waals surface area (Å²) in [7, 11) is 0. The Balaban J connectivity index is 1.67. The maximum Gasteiger partial charge on any atom is 0.303 e. The van der Waals surface area contributed by atoms with Gasteiger partial charge in [0, 0.05) is 39.6 Å². The minimum Gasteiger partial charge on any atom is -0.481 e. The highest BCUT2D eigenvalue weighted by atomic mass is 35.5. The molecule has 5 nitrogen and oxygen atoms in total. The molecule has 1 saturated carbocycles. The number of aliphatic carboxylic acids is 1. The number of carbonyl (C=O) groups excluding carboxylic acids is 1. The van der Waals surface area contributed by atoms with Gasteiger partial charge in [0.15, 0.2) is 0 Å². The number of hydrogen-bond donors (Lipinski definition) is 3. The number of aliphatic hydroxyl groups excluding tert-OH is 2. The van der Waals surface area contributed by atoms with Crippen molar-refractivity contribution in [2.75, 3.05) is 0 Å². The summed E-state index contributed by atoms with van der Waals surface area (Å²) in [6, 6.07) is 7.85. The summed E-state index contributed by atoms with van der Waals surface area (Å²) in [6.45, 7) is 3.51. The van der Waals surface area contributed by atoms with E-state index < -0.39 is 29.5 Å². The Kier molecular flexibility index (Phi) is 8.51. The third kappa shape index (κ3) is 5.93. The normalized spacial score (nSPS) is 23.8. The number of carboxylic acids is 1. The molecule has 0 saturated heterocycles. The number of carboxylic acid groups (broad SMARTS) is 1. The highest BCUT2D eigenvalue weighted by Crippen LogP contribution is 2.45. The van der Waals surface area contributed by atoms with Crippen LogP contribution in [0.2, 0.25) is 5.02 Å². The smallest absolute Gasteiger partial charge is 0.303 e. The second kappa shape index (κ2) is 11.0. The van der Waals surface area contributed by atoms with Crippen LogP contribution in [0, 0.1) is 17.3 Å². The Labute approximate surface area is 203 Å². The number of fused-ring (bicyclic) bond motifs is 1. The van der Waals surface area contributed by atoms with E-state index in [1.54, 1.807) is 37.3 Å². The number of ketones is 1. The minimum absolute atomic E-state index is 0.00174. The molecule has 1 aromatic heterocycles. The summed E-state index contributed by atoms with van der Waals surface area (Å²) in [5.74, 6) is -1.60. The van der Waals surface area contributed by atoms with Gasteiger partial charge in [-0.2, -0.15) is 0 Å². The van der Waals surface area contributed by atoms with Crippen molar-refractivity contribution in [3.8, 4) is 0 Å². The van der Waals surface area contributed by atoms with Gasteiger partial charge in [-0.05, 0) is 25.3 Å². The molecule has 1 aromatic carbocycles. The van der Waals surface area contributed by atoms with Gasteiger partial charge in [-0.1, -0.05) is 68.0 Å². The SMILES string of the molecule is CC1(C)C(=O)[C@H](C/C=C/CCCC(=O)O)[C@@H](/C=C/C(O)Cc2sc3ccccc3c2Cl)[C@@H]1O. The lowest BCUT2D eigenvalue weighted by Crippen LogP contribution is -2.31. The molecule has 3 N–H and O–H groups in total. The Morgan fingerprint density at radius 1 is 1.27 bits per heavy atom. The zero-order valence-corrected chi connectivity index (χ0v) is 20.5. The average molecular weight is 491 g/mol. The highest BCUT2D eigenvalue weighted by Gasteiger charge is 2.52. The number of thiophene rings is 1. The summed E-state index contributed by atoms with van der Waals surface area (Å²) in [6.07, 6.45) is 7.73. The lowest BCUT2D eigenvalue weighted by Gasteiger charge is -2.22. The van der Waals surface area contributed by atoms with Crippen molar-refractivity contribution >= 4 is 44.8 Å². The van der Waals surface area contributed by atoms with E-state index in [0.717, 1.165) is 15.0 Å². The first-order valence-corrected chi connectivity index (χ1v) is 12.4. The Morgan fingerprint density at radius 3 is 2.70 bits per heavy atom. The van der Waals surface area contributed by atoms with Crippen molar-refractivity contribution in [1.82, 2.24) is 0 Å². The van der Waals surface area contributed by atoms with Crippen molar-refractivity contribution in [3.63, 3.8) is 0 Å². The standard InChI is InChI=1S/C26H31ClO5S/c1-26(2)24(31)17(9-5-3-4-6-12-22(29)30)18(25(26)32)14-13-16(28)15-21-23(27)19-10-7-8-11-20(19)33-21/h3,5,7-8,10-11,13-14,16-18,25,28,32H,4,6,9,12,15H2,1-2H3,(H,29,30)/b5-3+,14-13+/t16?,17-,18-,25+/m1/s1. The van der Waals surface area contributed by atoms with Crippen LogP contribution in [-0.2, 0) is 16.0 Å². The molecular weight excluding hydrogens is 460 g/mol. The van der Waals surface area contributed by atoms with E-state index in [9.17, 15) is 19.8 Å². The lowest BCUT2D eigenvalue weighted by atomic mass is 9.86. The van der Waals surface area contributed by atoms with Crippen LogP contribution in [0.1, 0.15) is 44.4 Å². The maximum atomic E-state index is 13.0. The summed E-state index contributed by atoms with van der Waals surface area (Å²) >= 11 is 8.05. The second-order valence-corrected chi connectivity index (χ2v) is 10.7. The first-order valence-electron chi connectivity index (χ1n) is 11.2. The molecule has 0 aliphatic heterocycles. The molecule has 0 radical (unpaired) electrons. The van der Waals surface area contributed by atoms with Gasteiger partial charge < -0.3 is 15.3 Å². The molecule has 0 amide bonds. The molecule has 2 aromatic rings. The molecule has 1 aliphatic carbocycles. The van der Waals surface area contributed by atoms with Gasteiger partial charge in [-0.15, -0.1) is 11.3 Å². The first-order chi connectivity index (χ1) is 15.6. The molecule has 1 aliphatic rings. The van der Waals surface area contributed by atoms with Crippen LogP contribution in [-0.4, -0.2) is 39.3 Å². The van der Waals surface area contributed by atoms with Gasteiger partial charge in [-0.25, -0.2) is 0 Å². The quantitative estimate of drug-likeness (QED) is 0.305. The predicted molar refractivity (Wildman–Crippen MR) is 133 cm³/mol. The van der Waals surface area contributed by atoms with E-state index in [1.807, 2.05) is 36.4 Å². The molecule has 1 unspecified atom stereocenters. The maximum absolute atomic E-state index is 13.0. The van der Waals surface area contributed by atoms with Crippen LogP contribution < -0.4 is 0 Å². The number of aliphatic hydroxyl groups is 2. The Hall–Kier alpha value is -1.99. The fourth-order valence-electron chi connectivity index (χ4n) is 4.45. The molecule has 33 heavy (non-hydrogen) atoms. The number of unbranched alkanes of at least 4 members (excludes halogenated alkanes) is 1. The topological polar surface area (TPSA) is 94.8 Å². The zero-order chi connectivity index (χ0) is 24.2. The van der Waals surface area contributed by atoms with Crippen molar-refractivity contribution in [1.29, 1.82) is 0 Å². The van der Waals surface area contributed by atoms with Gasteiger partial charge >= 0.3 is 5.97 Å². The first kappa shape index (κ1) is 25.6. The molecule has 1 heterocycles. The van der Waals surface area contributed by atoms with Crippen LogP contribution >= 0.6 is 22.9 Å². The molecular formula is C26H31ClO5S. The van der Waals surface area contributed by atoms with Crippen LogP contribution in [0.15, 0.2) is 48.6 Å². The van der Waals surface area contributed by atoms with E-state index in [2.05, 4.69) is 0 Å². The molecule has 4 atom stereocenters. The number of Topliss-reactive ketones (excluding diaryl/α,β-unsaturated/α-hetero) is 1. The number of allylic oxidation sites excluding steroid dienone is 2. The van der Waals surface area contributed by atoms with Crippen LogP contribution in [0.3, 0.4) is 0 Å². The molecule has 0 bridgehead atoms. The number of halogens is 1. The van der Waals surface area contributed by atoms with E-state index >= 15 is 0 Å². The van der Waals surface area contributed by atoms with E-state index in [1.165, 1.54) is 0 Å². The number of hydrogen-bond acceptors (Lipinski definition) is 5. The predicted octanol–water partition coefficient (Wildman–Crippen LogP) is 5.42. The van der Waals surface area contributed by atoms with Gasteiger partial charge in [0.25, 0.3) is 0 Å². The second-order valence-electron chi connectivity index (χ2n) is 9.20. The summed E-state index contributed by atoms with van der Waals surface area (Å²) in [5.41, 5.74) is -0.865. The van der Waals surface area contributed by atoms with Crippen LogP contribution in [0.5, 0.6) is 0 Å². The number of rotatable bonds is 10. The third-order valence-electron chi connectivity index (χ3n) is 6.41. The lowest BCUT2D eigenvalue weighted by molar-refractivity contribution is -0.137. The number of benzene rings is 1. The summed E-state index contributed by atoms with van der Waals surface area (Å²) in [5, 5.41) is 31.8. The van der Waals surface area contributed by atoms with Crippen LogP contribution in [0.25, 0.3) is 10.1 Å². The van der Waals surface area contributed by atoms with E-state index in [-0.39, 0.29) is 18.1 Å². The van der Waals surface area contributed by atoms with Gasteiger partial charge in [0.1, 0.15) is 5.78 Å². The molecule has 178 valence electrons. The van der Waals surface area contributed by atoms with Crippen molar-refractivity contribution in [3.05, 3.63) is 58.5 Å². The van der Waals surface area contributed by atoms with Gasteiger partial charge in [0.05, 0.1) is 22.6 Å². The van der Waals surface area contributed by atoms with Gasteiger partial charge in [-0.3, -0.25) is 9.59 Å². The fraction of sp³-hybridized carbons (Fsp3) is 0.462. The number of carbonyl (C=O) groups is 2. The van der Waals surface area contributed by atoms with Crippen molar-refractivity contribution in [2.24, 2.45) is 17.3 Å². The van der Waals surface area contributed by atoms with Crippen LogP contribution in [0.4, 0.5) is 0 Å². The molecule has 1 fully saturated rings. The van der Waals surface area contributed by atoms with E-state index in [4.69, 9.17) is 16.7 Å². The Morgan fingerprint density at radius 2 is 2.00 bits per heavy atom. The Bertz CT molecular complexity index is 1050. The van der Waals surface area contributed by atoms with Crippen molar-refractivity contribution in [2.45, 2.75) is 58.2 Å². The molecule has 7 heteroatoms. The highest BCUT2D eigenvalue weighted by molar-refractivity contribution is 7.19.